The lowest BCUT2D eigenvalue weighted by Crippen LogP contribution is -2.26. The highest BCUT2D eigenvalue weighted by atomic mass is 35.5. The lowest BCUT2D eigenvalue weighted by atomic mass is 10.0. The summed E-state index contributed by atoms with van der Waals surface area (Å²) in [4.78, 5) is 11.8. The summed E-state index contributed by atoms with van der Waals surface area (Å²) in [6.45, 7) is 6.76. The van der Waals surface area contributed by atoms with E-state index in [4.69, 9.17) is 11.6 Å². The number of nitrogens with one attached hydrogen (secondary N) is 1. The summed E-state index contributed by atoms with van der Waals surface area (Å²) in [7, 11) is 0. The molecule has 0 bridgehead atoms. The number of aryl methyl sites for hydroxylation is 2. The smallest absolute Gasteiger partial charge is 0.224 e. The van der Waals surface area contributed by atoms with Crippen molar-refractivity contribution in [2.75, 3.05) is 6.54 Å². The molecule has 0 saturated heterocycles. The van der Waals surface area contributed by atoms with Crippen LogP contribution in [-0.2, 0) is 11.2 Å². The Labute approximate surface area is 115 Å². The van der Waals surface area contributed by atoms with Gasteiger partial charge in [0.1, 0.15) is 0 Å². The van der Waals surface area contributed by atoms with Crippen LogP contribution in [0.4, 0.5) is 0 Å². The molecule has 2 nitrogen and oxygen atoms in total. The van der Waals surface area contributed by atoms with Crippen molar-refractivity contribution in [3.8, 4) is 0 Å². The van der Waals surface area contributed by atoms with E-state index in [0.717, 1.165) is 18.4 Å². The van der Waals surface area contributed by atoms with Crippen LogP contribution in [0.1, 0.15) is 36.5 Å². The quantitative estimate of drug-likeness (QED) is 0.621. The second-order valence-electron chi connectivity index (χ2n) is 4.88. The van der Waals surface area contributed by atoms with Gasteiger partial charge < -0.3 is 5.32 Å². The van der Waals surface area contributed by atoms with Crippen LogP contribution >= 0.6 is 11.6 Å². The Kier molecular flexibility index (Phi) is 6.20. The van der Waals surface area contributed by atoms with Gasteiger partial charge in [-0.15, -0.1) is 11.6 Å². The maximum Gasteiger partial charge on any atom is 0.224 e. The van der Waals surface area contributed by atoms with Crippen molar-refractivity contribution in [3.05, 3.63) is 34.9 Å². The summed E-state index contributed by atoms with van der Waals surface area (Å²) >= 11 is 5.85. The lowest BCUT2D eigenvalue weighted by Gasteiger charge is -2.08. The maximum absolute atomic E-state index is 11.8. The average molecular weight is 268 g/mol. The Morgan fingerprint density at radius 2 is 2.11 bits per heavy atom. The normalized spacial score (nSPS) is 12.2. The lowest BCUT2D eigenvalue weighted by molar-refractivity contribution is -0.120. The first kappa shape index (κ1) is 15.0. The molecule has 1 aromatic carbocycles. The Balaban J connectivity index is 2.38. The summed E-state index contributed by atoms with van der Waals surface area (Å²) < 4.78 is 0. The number of hydrogen-bond acceptors (Lipinski definition) is 1. The highest BCUT2D eigenvalue weighted by Gasteiger charge is 2.06. The van der Waals surface area contributed by atoms with E-state index < -0.39 is 0 Å². The molecule has 0 aliphatic carbocycles. The Hall–Kier alpha value is -1.02. The molecule has 0 heterocycles. The van der Waals surface area contributed by atoms with Gasteiger partial charge in [0.15, 0.2) is 0 Å². The van der Waals surface area contributed by atoms with Gasteiger partial charge in [-0.05, 0) is 44.7 Å². The summed E-state index contributed by atoms with van der Waals surface area (Å²) in [5.41, 5.74) is 3.47. The van der Waals surface area contributed by atoms with E-state index in [1.54, 1.807) is 0 Å². The monoisotopic (exact) mass is 267 g/mol. The number of carbonyl (C=O) groups is 1. The number of alkyl halides is 1. The largest absolute Gasteiger partial charge is 0.356 e. The number of rotatable bonds is 6. The molecule has 3 heteroatoms. The molecule has 0 aliphatic rings. The molecule has 0 spiro atoms. The molecule has 0 aliphatic heterocycles. The molecule has 1 rings (SSSR count). The van der Waals surface area contributed by atoms with Gasteiger partial charge in [0.05, 0.1) is 6.42 Å². The van der Waals surface area contributed by atoms with Gasteiger partial charge in [-0.1, -0.05) is 23.8 Å². The van der Waals surface area contributed by atoms with E-state index in [-0.39, 0.29) is 11.3 Å². The van der Waals surface area contributed by atoms with E-state index in [9.17, 15) is 4.79 Å². The number of carbonyl (C=O) groups excluding carboxylic acids is 1. The van der Waals surface area contributed by atoms with Crippen LogP contribution in [0.25, 0.3) is 0 Å². The molecular weight excluding hydrogens is 246 g/mol. The fraction of sp³-hybridized carbons (Fsp3) is 0.533. The Morgan fingerprint density at radius 1 is 1.39 bits per heavy atom. The standard InChI is InChI=1S/C15H22ClNO/c1-11-6-7-12(2)14(9-11)10-15(18)17-8-4-5-13(3)16/h6-7,9,13H,4-5,8,10H2,1-3H3,(H,17,18). The van der Waals surface area contributed by atoms with Crippen LogP contribution in [0, 0.1) is 13.8 Å². The van der Waals surface area contributed by atoms with Crippen molar-refractivity contribution < 1.29 is 4.79 Å². The van der Waals surface area contributed by atoms with E-state index in [1.165, 1.54) is 11.1 Å². The summed E-state index contributed by atoms with van der Waals surface area (Å²) in [6.07, 6.45) is 2.33. The molecule has 0 radical (unpaired) electrons. The first-order chi connectivity index (χ1) is 8.49. The first-order valence-corrected chi connectivity index (χ1v) is 6.89. The molecule has 18 heavy (non-hydrogen) atoms. The molecule has 0 saturated carbocycles. The van der Waals surface area contributed by atoms with E-state index in [1.807, 2.05) is 20.8 Å². The molecule has 0 fully saturated rings. The van der Waals surface area contributed by atoms with Gasteiger partial charge in [-0.25, -0.2) is 0 Å². The van der Waals surface area contributed by atoms with E-state index in [0.29, 0.717) is 13.0 Å². The van der Waals surface area contributed by atoms with Crippen molar-refractivity contribution in [2.24, 2.45) is 0 Å². The third kappa shape index (κ3) is 5.54. The van der Waals surface area contributed by atoms with Crippen molar-refractivity contribution >= 4 is 17.5 Å². The highest BCUT2D eigenvalue weighted by molar-refractivity contribution is 6.20. The molecule has 1 amide bonds. The zero-order valence-electron chi connectivity index (χ0n) is 11.4. The molecular formula is C15H22ClNO. The summed E-state index contributed by atoms with van der Waals surface area (Å²) in [5, 5.41) is 3.12. The van der Waals surface area contributed by atoms with Crippen molar-refractivity contribution in [2.45, 2.75) is 45.4 Å². The third-order valence-corrected chi connectivity index (χ3v) is 3.17. The predicted octanol–water partition coefficient (Wildman–Crippen LogP) is 3.37. The molecule has 1 atom stereocenters. The minimum absolute atomic E-state index is 0.0888. The third-order valence-electron chi connectivity index (χ3n) is 2.96. The van der Waals surface area contributed by atoms with Gasteiger partial charge in [0.2, 0.25) is 5.91 Å². The first-order valence-electron chi connectivity index (χ1n) is 6.46. The van der Waals surface area contributed by atoms with Gasteiger partial charge in [-0.3, -0.25) is 4.79 Å². The van der Waals surface area contributed by atoms with Gasteiger partial charge in [0, 0.05) is 11.9 Å². The van der Waals surface area contributed by atoms with Crippen LogP contribution < -0.4 is 5.32 Å². The second-order valence-corrected chi connectivity index (χ2v) is 5.62. The molecule has 1 aromatic rings. The fourth-order valence-electron chi connectivity index (χ4n) is 1.84. The minimum Gasteiger partial charge on any atom is -0.356 e. The number of hydrogen-bond donors (Lipinski definition) is 1. The molecule has 1 unspecified atom stereocenters. The molecule has 1 N–H and O–H groups in total. The van der Waals surface area contributed by atoms with Crippen LogP contribution in [-0.4, -0.2) is 17.8 Å². The van der Waals surface area contributed by atoms with Crippen molar-refractivity contribution in [1.29, 1.82) is 0 Å². The van der Waals surface area contributed by atoms with Crippen LogP contribution in [0.2, 0.25) is 0 Å². The topological polar surface area (TPSA) is 29.1 Å². The van der Waals surface area contributed by atoms with Crippen molar-refractivity contribution in [3.63, 3.8) is 0 Å². The van der Waals surface area contributed by atoms with E-state index >= 15 is 0 Å². The summed E-state index contributed by atoms with van der Waals surface area (Å²) in [5.74, 6) is 0.0888. The molecule has 100 valence electrons. The summed E-state index contributed by atoms with van der Waals surface area (Å²) in [6, 6.07) is 6.21. The maximum atomic E-state index is 11.8. The van der Waals surface area contributed by atoms with Crippen LogP contribution in [0.15, 0.2) is 18.2 Å². The van der Waals surface area contributed by atoms with Gasteiger partial charge in [0.25, 0.3) is 0 Å². The van der Waals surface area contributed by atoms with Gasteiger partial charge in [-0.2, -0.15) is 0 Å². The zero-order valence-corrected chi connectivity index (χ0v) is 12.2. The fourth-order valence-corrected chi connectivity index (χ4v) is 1.99. The Bertz CT molecular complexity index is 401. The number of amides is 1. The van der Waals surface area contributed by atoms with E-state index in [2.05, 4.69) is 23.5 Å². The van der Waals surface area contributed by atoms with Crippen LogP contribution in [0.5, 0.6) is 0 Å². The predicted molar refractivity (Wildman–Crippen MR) is 77.2 cm³/mol. The van der Waals surface area contributed by atoms with Gasteiger partial charge >= 0.3 is 0 Å². The minimum atomic E-state index is 0.0888. The number of benzene rings is 1. The average Bonchev–Trinajstić information content (AvgIpc) is 2.29. The Morgan fingerprint density at radius 3 is 2.78 bits per heavy atom. The second kappa shape index (κ2) is 7.42. The zero-order chi connectivity index (χ0) is 13.5. The van der Waals surface area contributed by atoms with Crippen LogP contribution in [0.3, 0.4) is 0 Å². The van der Waals surface area contributed by atoms with Crippen molar-refractivity contribution in [1.82, 2.24) is 5.32 Å². The highest BCUT2D eigenvalue weighted by Crippen LogP contribution is 2.11. The molecule has 0 aromatic heterocycles. The SMILES string of the molecule is Cc1ccc(C)c(CC(=O)NCCCC(C)Cl)c1. The number of halogens is 1.